The van der Waals surface area contributed by atoms with Gasteiger partial charge in [0, 0.05) is 30.9 Å². The molecule has 0 saturated heterocycles. The first kappa shape index (κ1) is 17.5. The molecule has 1 aromatic heterocycles. The second-order valence-corrected chi connectivity index (χ2v) is 7.06. The molecular weight excluding hydrogens is 329 g/mol. The highest BCUT2D eigenvalue weighted by atomic mass is 19.4. The van der Waals surface area contributed by atoms with Gasteiger partial charge in [-0.15, -0.1) is 0 Å². The Labute approximate surface area is 144 Å². The average Bonchev–Trinajstić information content (AvgIpc) is 2.97. The van der Waals surface area contributed by atoms with E-state index >= 15 is 0 Å². The maximum Gasteiger partial charge on any atom is 0.416 e. The lowest BCUT2D eigenvalue weighted by atomic mass is 9.84. The predicted molar refractivity (Wildman–Crippen MR) is 87.4 cm³/mol. The van der Waals surface area contributed by atoms with E-state index < -0.39 is 17.2 Å². The van der Waals surface area contributed by atoms with Gasteiger partial charge < -0.3 is 4.90 Å². The summed E-state index contributed by atoms with van der Waals surface area (Å²) >= 11 is 0. The van der Waals surface area contributed by atoms with Crippen LogP contribution in [0, 0.1) is 5.41 Å². The summed E-state index contributed by atoms with van der Waals surface area (Å²) in [7, 11) is 0. The van der Waals surface area contributed by atoms with E-state index in [1.165, 1.54) is 6.07 Å². The molecule has 0 radical (unpaired) electrons. The van der Waals surface area contributed by atoms with E-state index in [4.69, 9.17) is 0 Å². The summed E-state index contributed by atoms with van der Waals surface area (Å²) in [5, 5.41) is 0. The van der Waals surface area contributed by atoms with Crippen LogP contribution < -0.4 is 0 Å². The van der Waals surface area contributed by atoms with E-state index in [2.05, 4.69) is 4.98 Å². The molecule has 1 aliphatic heterocycles. The van der Waals surface area contributed by atoms with Crippen LogP contribution in [0.15, 0.2) is 42.7 Å². The van der Waals surface area contributed by atoms with E-state index in [9.17, 15) is 18.0 Å². The lowest BCUT2D eigenvalue weighted by molar-refractivity contribution is -0.141. The summed E-state index contributed by atoms with van der Waals surface area (Å²) in [6, 6.07) is 7.07. The lowest BCUT2D eigenvalue weighted by Gasteiger charge is -2.29. The molecule has 1 amide bonds. The first-order valence-corrected chi connectivity index (χ1v) is 8.04. The summed E-state index contributed by atoms with van der Waals surface area (Å²) in [5.41, 5.74) is 1.11. The van der Waals surface area contributed by atoms with E-state index in [-0.39, 0.29) is 12.3 Å². The monoisotopic (exact) mass is 348 g/mol. The maximum absolute atomic E-state index is 12.9. The maximum atomic E-state index is 12.9. The first-order valence-electron chi connectivity index (χ1n) is 8.04. The molecule has 3 rings (SSSR count). The van der Waals surface area contributed by atoms with Gasteiger partial charge >= 0.3 is 6.18 Å². The minimum atomic E-state index is -4.38. The zero-order chi connectivity index (χ0) is 18.2. The minimum Gasteiger partial charge on any atom is -0.333 e. The van der Waals surface area contributed by atoms with Gasteiger partial charge in [-0.1, -0.05) is 32.0 Å². The molecule has 0 atom stereocenters. The van der Waals surface area contributed by atoms with Crippen LogP contribution in [0.1, 0.15) is 36.1 Å². The van der Waals surface area contributed by atoms with Crippen LogP contribution in [0.2, 0.25) is 0 Å². The number of nitrogens with zero attached hydrogens (tertiary/aromatic N) is 2. The van der Waals surface area contributed by atoms with Crippen molar-refractivity contribution in [3.8, 4) is 0 Å². The van der Waals surface area contributed by atoms with E-state index in [0.29, 0.717) is 18.7 Å². The van der Waals surface area contributed by atoms with Crippen molar-refractivity contribution in [3.63, 3.8) is 0 Å². The number of benzene rings is 1. The van der Waals surface area contributed by atoms with Crippen molar-refractivity contribution in [2.75, 3.05) is 0 Å². The lowest BCUT2D eigenvalue weighted by Crippen LogP contribution is -2.39. The van der Waals surface area contributed by atoms with Crippen molar-refractivity contribution < 1.29 is 18.0 Å². The average molecular weight is 348 g/mol. The van der Waals surface area contributed by atoms with Gasteiger partial charge in [0.2, 0.25) is 5.91 Å². The number of rotatable bonds is 3. The molecule has 0 saturated carbocycles. The Morgan fingerprint density at radius 1 is 1.16 bits per heavy atom. The fourth-order valence-corrected chi connectivity index (χ4v) is 3.23. The molecule has 0 unspecified atom stereocenters. The van der Waals surface area contributed by atoms with Gasteiger partial charge in [-0.05, 0) is 35.2 Å². The Kier molecular flexibility index (Phi) is 4.31. The molecule has 2 heterocycles. The summed E-state index contributed by atoms with van der Waals surface area (Å²) in [4.78, 5) is 18.7. The topological polar surface area (TPSA) is 33.2 Å². The van der Waals surface area contributed by atoms with Gasteiger partial charge in [0.15, 0.2) is 0 Å². The van der Waals surface area contributed by atoms with E-state index in [1.54, 1.807) is 37.2 Å². The fourth-order valence-electron chi connectivity index (χ4n) is 3.23. The molecule has 3 nitrogen and oxygen atoms in total. The molecule has 2 aromatic rings. The number of alkyl halides is 3. The molecule has 0 fully saturated rings. The van der Waals surface area contributed by atoms with Gasteiger partial charge in [0.25, 0.3) is 0 Å². The summed E-state index contributed by atoms with van der Waals surface area (Å²) in [6.07, 6.45) is -0.683. The van der Waals surface area contributed by atoms with Crippen LogP contribution in [0.5, 0.6) is 0 Å². The van der Waals surface area contributed by atoms with Crippen molar-refractivity contribution >= 4 is 5.91 Å². The number of pyridine rings is 1. The van der Waals surface area contributed by atoms with Gasteiger partial charge in [-0.2, -0.15) is 13.2 Å². The molecule has 0 aliphatic carbocycles. The zero-order valence-corrected chi connectivity index (χ0v) is 14.1. The van der Waals surface area contributed by atoms with Gasteiger partial charge in [-0.25, -0.2) is 0 Å². The van der Waals surface area contributed by atoms with Gasteiger partial charge in [-0.3, -0.25) is 9.78 Å². The zero-order valence-electron chi connectivity index (χ0n) is 14.1. The standard InChI is InChI=1S/C19H19F3N2O/c1-18(2,9-13-4-3-5-16(8-13)19(20,21)22)17(25)24-11-14-6-7-23-10-15(14)12-24/h3-8,10H,9,11-12H2,1-2H3. The molecule has 6 heteroatoms. The van der Waals surface area contributed by atoms with Crippen molar-refractivity contribution in [1.82, 2.24) is 9.88 Å². The SMILES string of the molecule is CC(C)(Cc1cccc(C(F)(F)F)c1)C(=O)N1Cc2ccncc2C1. The Morgan fingerprint density at radius 3 is 2.56 bits per heavy atom. The van der Waals surface area contributed by atoms with Crippen LogP contribution in [0.25, 0.3) is 0 Å². The molecular formula is C19H19F3N2O. The second-order valence-electron chi connectivity index (χ2n) is 7.06. The molecule has 1 aliphatic rings. The van der Waals surface area contributed by atoms with Gasteiger partial charge in [0.05, 0.1) is 5.56 Å². The predicted octanol–water partition coefficient (Wildman–Crippen LogP) is 4.21. The van der Waals surface area contributed by atoms with Gasteiger partial charge in [0.1, 0.15) is 0 Å². The molecule has 0 N–H and O–H groups in total. The van der Waals surface area contributed by atoms with Crippen LogP contribution in [-0.2, 0) is 30.5 Å². The third kappa shape index (κ3) is 3.67. The van der Waals surface area contributed by atoms with Crippen LogP contribution in [0.4, 0.5) is 13.2 Å². The molecule has 0 bridgehead atoms. The van der Waals surface area contributed by atoms with E-state index in [0.717, 1.165) is 23.3 Å². The molecule has 25 heavy (non-hydrogen) atoms. The van der Waals surface area contributed by atoms with Crippen LogP contribution in [0.3, 0.4) is 0 Å². The fraction of sp³-hybridized carbons (Fsp3) is 0.368. The molecule has 132 valence electrons. The quantitative estimate of drug-likeness (QED) is 0.832. The highest BCUT2D eigenvalue weighted by Crippen LogP contribution is 2.33. The van der Waals surface area contributed by atoms with E-state index in [1.807, 2.05) is 6.07 Å². The number of hydrogen-bond donors (Lipinski definition) is 0. The number of carbonyl (C=O) groups is 1. The Bertz CT molecular complexity index is 774. The Balaban J connectivity index is 1.75. The van der Waals surface area contributed by atoms with Crippen LogP contribution in [-0.4, -0.2) is 15.8 Å². The number of carbonyl (C=O) groups excluding carboxylic acids is 1. The van der Waals surface area contributed by atoms with Crippen molar-refractivity contribution in [1.29, 1.82) is 0 Å². The smallest absolute Gasteiger partial charge is 0.333 e. The molecule has 0 spiro atoms. The highest BCUT2D eigenvalue weighted by Gasteiger charge is 2.36. The summed E-state index contributed by atoms with van der Waals surface area (Å²) < 4.78 is 38.6. The summed E-state index contributed by atoms with van der Waals surface area (Å²) in [5.74, 6) is -0.0684. The third-order valence-electron chi connectivity index (χ3n) is 4.49. The normalized spacial score (nSPS) is 14.5. The number of hydrogen-bond acceptors (Lipinski definition) is 2. The number of halogens is 3. The number of amides is 1. The van der Waals surface area contributed by atoms with Crippen molar-refractivity contribution in [2.24, 2.45) is 5.41 Å². The largest absolute Gasteiger partial charge is 0.416 e. The summed E-state index contributed by atoms with van der Waals surface area (Å²) in [6.45, 7) is 4.56. The second kappa shape index (κ2) is 6.17. The minimum absolute atomic E-state index is 0.0684. The van der Waals surface area contributed by atoms with Crippen LogP contribution >= 0.6 is 0 Å². The van der Waals surface area contributed by atoms with Crippen molar-refractivity contribution in [2.45, 2.75) is 39.5 Å². The third-order valence-corrected chi connectivity index (χ3v) is 4.49. The van der Waals surface area contributed by atoms with Crippen molar-refractivity contribution in [3.05, 3.63) is 65.0 Å². The molecule has 1 aromatic carbocycles. The first-order chi connectivity index (χ1) is 11.7. The highest BCUT2D eigenvalue weighted by molar-refractivity contribution is 5.82. The Hall–Kier alpha value is -2.37. The number of aromatic nitrogens is 1. The number of fused-ring (bicyclic) bond motifs is 1. The Morgan fingerprint density at radius 2 is 1.88 bits per heavy atom.